The normalized spacial score (nSPS) is 16.0. The summed E-state index contributed by atoms with van der Waals surface area (Å²) in [5.41, 5.74) is 0.649. The molecule has 3 rings (SSSR count). The van der Waals surface area contributed by atoms with Crippen molar-refractivity contribution in [1.29, 1.82) is 0 Å². The fourth-order valence-corrected chi connectivity index (χ4v) is 3.77. The molecule has 0 spiro atoms. The van der Waals surface area contributed by atoms with Gasteiger partial charge in [0, 0.05) is 54.9 Å². The van der Waals surface area contributed by atoms with Crippen molar-refractivity contribution in [2.24, 2.45) is 5.92 Å². The second-order valence-electron chi connectivity index (χ2n) is 6.04. The highest BCUT2D eigenvalue weighted by Crippen LogP contribution is 2.17. The Morgan fingerprint density at radius 2 is 1.79 bits per heavy atom. The summed E-state index contributed by atoms with van der Waals surface area (Å²) in [6.45, 7) is 4.35. The van der Waals surface area contributed by atoms with Gasteiger partial charge in [0.15, 0.2) is 0 Å². The van der Waals surface area contributed by atoms with E-state index in [1.165, 1.54) is 4.88 Å². The highest BCUT2D eigenvalue weighted by molar-refractivity contribution is 7.09. The summed E-state index contributed by atoms with van der Waals surface area (Å²) in [6, 6.07) is 7.53. The summed E-state index contributed by atoms with van der Waals surface area (Å²) in [6.07, 6.45) is 4.03. The molecular weight excluding hydrogens is 322 g/mol. The van der Waals surface area contributed by atoms with Crippen molar-refractivity contribution in [2.45, 2.75) is 13.3 Å². The minimum atomic E-state index is -0.0221. The van der Waals surface area contributed by atoms with Crippen LogP contribution in [-0.2, 0) is 11.2 Å². The molecule has 126 valence electrons. The molecule has 1 saturated heterocycles. The first-order valence-corrected chi connectivity index (χ1v) is 9.03. The Labute approximate surface area is 145 Å². The van der Waals surface area contributed by atoms with Crippen molar-refractivity contribution in [2.75, 3.05) is 26.2 Å². The number of rotatable bonds is 4. The first-order chi connectivity index (χ1) is 11.6. The second-order valence-corrected chi connectivity index (χ2v) is 7.07. The van der Waals surface area contributed by atoms with Crippen LogP contribution in [0.1, 0.15) is 22.2 Å². The molecule has 1 aliphatic heterocycles. The molecule has 24 heavy (non-hydrogen) atoms. The first-order valence-electron chi connectivity index (χ1n) is 8.15. The average molecular weight is 343 g/mol. The van der Waals surface area contributed by atoms with E-state index in [1.54, 1.807) is 35.9 Å². The SMILES string of the molecule is C[C@H](Cc1cccs1)C(=O)N1CCN(C(=O)c2ccncc2)CC1. The summed E-state index contributed by atoms with van der Waals surface area (Å²) in [5, 5.41) is 2.04. The van der Waals surface area contributed by atoms with Crippen molar-refractivity contribution < 1.29 is 9.59 Å². The van der Waals surface area contributed by atoms with E-state index in [0.29, 0.717) is 31.7 Å². The van der Waals surface area contributed by atoms with Crippen molar-refractivity contribution in [1.82, 2.24) is 14.8 Å². The lowest BCUT2D eigenvalue weighted by Crippen LogP contribution is -2.51. The molecule has 0 N–H and O–H groups in total. The highest BCUT2D eigenvalue weighted by atomic mass is 32.1. The zero-order valence-corrected chi connectivity index (χ0v) is 14.5. The minimum absolute atomic E-state index is 0.0103. The van der Waals surface area contributed by atoms with Crippen LogP contribution in [-0.4, -0.2) is 52.8 Å². The van der Waals surface area contributed by atoms with Gasteiger partial charge in [0.1, 0.15) is 0 Å². The molecule has 2 amide bonds. The molecule has 1 fully saturated rings. The Morgan fingerprint density at radius 3 is 2.42 bits per heavy atom. The van der Waals surface area contributed by atoms with E-state index >= 15 is 0 Å². The highest BCUT2D eigenvalue weighted by Gasteiger charge is 2.27. The van der Waals surface area contributed by atoms with Crippen LogP contribution in [0.15, 0.2) is 42.0 Å². The van der Waals surface area contributed by atoms with Gasteiger partial charge in [0.25, 0.3) is 5.91 Å². The molecule has 3 heterocycles. The molecule has 1 atom stereocenters. The van der Waals surface area contributed by atoms with E-state index in [1.807, 2.05) is 28.2 Å². The molecule has 5 nitrogen and oxygen atoms in total. The predicted molar refractivity (Wildman–Crippen MR) is 93.9 cm³/mol. The smallest absolute Gasteiger partial charge is 0.254 e. The van der Waals surface area contributed by atoms with Crippen LogP contribution < -0.4 is 0 Å². The Kier molecular flexibility index (Phi) is 5.25. The second kappa shape index (κ2) is 7.57. The van der Waals surface area contributed by atoms with Crippen LogP contribution in [0.3, 0.4) is 0 Å². The average Bonchev–Trinajstić information content (AvgIpc) is 3.14. The van der Waals surface area contributed by atoms with E-state index < -0.39 is 0 Å². The Balaban J connectivity index is 1.53. The number of pyridine rings is 1. The van der Waals surface area contributed by atoms with Gasteiger partial charge >= 0.3 is 0 Å². The van der Waals surface area contributed by atoms with Crippen LogP contribution >= 0.6 is 11.3 Å². The van der Waals surface area contributed by atoms with Crippen molar-refractivity contribution in [3.05, 3.63) is 52.5 Å². The van der Waals surface area contributed by atoms with Crippen molar-refractivity contribution in [3.63, 3.8) is 0 Å². The number of carbonyl (C=O) groups excluding carboxylic acids is 2. The number of carbonyl (C=O) groups is 2. The topological polar surface area (TPSA) is 53.5 Å². The standard InChI is InChI=1S/C18H21N3O2S/c1-14(13-16-3-2-12-24-16)17(22)20-8-10-21(11-9-20)18(23)15-4-6-19-7-5-15/h2-7,12,14H,8-11,13H2,1H3/t14-/m1/s1. The molecule has 2 aromatic heterocycles. The summed E-state index contributed by atoms with van der Waals surface area (Å²) >= 11 is 1.69. The van der Waals surface area contributed by atoms with Crippen LogP contribution in [0.5, 0.6) is 0 Å². The number of hydrogen-bond acceptors (Lipinski definition) is 4. The third-order valence-electron chi connectivity index (χ3n) is 4.31. The molecule has 0 bridgehead atoms. The maximum atomic E-state index is 12.6. The van der Waals surface area contributed by atoms with E-state index in [2.05, 4.69) is 11.1 Å². The maximum Gasteiger partial charge on any atom is 0.254 e. The van der Waals surface area contributed by atoms with Gasteiger partial charge in [-0.25, -0.2) is 0 Å². The molecule has 0 saturated carbocycles. The van der Waals surface area contributed by atoms with E-state index in [4.69, 9.17) is 0 Å². The molecule has 2 aromatic rings. The van der Waals surface area contributed by atoms with Gasteiger partial charge in [0.05, 0.1) is 0 Å². The van der Waals surface area contributed by atoms with Gasteiger partial charge in [-0.3, -0.25) is 14.6 Å². The molecule has 1 aliphatic rings. The minimum Gasteiger partial charge on any atom is -0.339 e. The largest absolute Gasteiger partial charge is 0.339 e. The lowest BCUT2D eigenvalue weighted by atomic mass is 10.0. The molecule has 0 aliphatic carbocycles. The van der Waals surface area contributed by atoms with Crippen LogP contribution in [0.25, 0.3) is 0 Å². The predicted octanol–water partition coefficient (Wildman–Crippen LogP) is 2.31. The van der Waals surface area contributed by atoms with Gasteiger partial charge in [0.2, 0.25) is 5.91 Å². The molecule has 6 heteroatoms. The number of hydrogen-bond donors (Lipinski definition) is 0. The lowest BCUT2D eigenvalue weighted by molar-refractivity contribution is -0.136. The van der Waals surface area contributed by atoms with E-state index in [0.717, 1.165) is 6.42 Å². The summed E-state index contributed by atoms with van der Waals surface area (Å²) < 4.78 is 0. The van der Waals surface area contributed by atoms with E-state index in [-0.39, 0.29) is 17.7 Å². The summed E-state index contributed by atoms with van der Waals surface area (Å²) in [5.74, 6) is 0.168. The number of amides is 2. The fraction of sp³-hybridized carbons (Fsp3) is 0.389. The van der Waals surface area contributed by atoms with Crippen molar-refractivity contribution in [3.8, 4) is 0 Å². The third kappa shape index (κ3) is 3.82. The third-order valence-corrected chi connectivity index (χ3v) is 5.21. The van der Waals surface area contributed by atoms with Gasteiger partial charge in [-0.05, 0) is 30.0 Å². The number of nitrogens with zero attached hydrogens (tertiary/aromatic N) is 3. The van der Waals surface area contributed by atoms with Crippen LogP contribution in [0.2, 0.25) is 0 Å². The van der Waals surface area contributed by atoms with Gasteiger partial charge in [-0.15, -0.1) is 11.3 Å². The summed E-state index contributed by atoms with van der Waals surface area (Å²) in [7, 11) is 0. The summed E-state index contributed by atoms with van der Waals surface area (Å²) in [4.78, 5) is 33.9. The van der Waals surface area contributed by atoms with Gasteiger partial charge < -0.3 is 9.80 Å². The molecule has 0 unspecified atom stereocenters. The van der Waals surface area contributed by atoms with Crippen molar-refractivity contribution >= 4 is 23.2 Å². The Hall–Kier alpha value is -2.21. The zero-order valence-electron chi connectivity index (χ0n) is 13.7. The first kappa shape index (κ1) is 16.6. The fourth-order valence-electron chi connectivity index (χ4n) is 2.94. The van der Waals surface area contributed by atoms with Crippen LogP contribution in [0.4, 0.5) is 0 Å². The maximum absolute atomic E-state index is 12.6. The molecular formula is C18H21N3O2S. The number of piperazine rings is 1. The quantitative estimate of drug-likeness (QED) is 0.856. The monoisotopic (exact) mass is 343 g/mol. The lowest BCUT2D eigenvalue weighted by Gasteiger charge is -2.36. The van der Waals surface area contributed by atoms with Crippen LogP contribution in [0, 0.1) is 5.92 Å². The van der Waals surface area contributed by atoms with E-state index in [9.17, 15) is 9.59 Å². The number of thiophene rings is 1. The zero-order chi connectivity index (χ0) is 16.9. The molecule has 0 aromatic carbocycles. The van der Waals surface area contributed by atoms with Gasteiger partial charge in [-0.1, -0.05) is 13.0 Å². The Morgan fingerprint density at radius 1 is 1.12 bits per heavy atom. The number of aromatic nitrogens is 1. The molecule has 0 radical (unpaired) electrons. The Bertz CT molecular complexity index is 680. The van der Waals surface area contributed by atoms with Gasteiger partial charge in [-0.2, -0.15) is 0 Å².